The molecule has 0 aliphatic heterocycles. The van der Waals surface area contributed by atoms with Crippen LogP contribution in [-0.2, 0) is 4.79 Å². The number of hydrogen-bond acceptors (Lipinski definition) is 4. The van der Waals surface area contributed by atoms with E-state index in [1.54, 1.807) is 7.11 Å². The van der Waals surface area contributed by atoms with Gasteiger partial charge in [-0.25, -0.2) is 0 Å². The van der Waals surface area contributed by atoms with E-state index in [-0.39, 0.29) is 5.12 Å². The second kappa shape index (κ2) is 6.82. The van der Waals surface area contributed by atoms with Crippen LogP contribution in [0.4, 0.5) is 0 Å². The maximum absolute atomic E-state index is 11.9. The van der Waals surface area contributed by atoms with Crippen molar-refractivity contribution in [3.8, 4) is 5.75 Å². The highest BCUT2D eigenvalue weighted by Gasteiger charge is 2.04. The summed E-state index contributed by atoms with van der Waals surface area (Å²) in [7, 11) is 1.61. The van der Waals surface area contributed by atoms with Crippen molar-refractivity contribution in [2.45, 2.75) is 4.90 Å². The maximum Gasteiger partial charge on any atom is 0.218 e. The van der Waals surface area contributed by atoms with Gasteiger partial charge in [0, 0.05) is 16.7 Å². The van der Waals surface area contributed by atoms with E-state index in [2.05, 4.69) is 0 Å². The van der Waals surface area contributed by atoms with E-state index in [1.807, 2.05) is 54.6 Å². The van der Waals surface area contributed by atoms with Crippen LogP contribution in [0.2, 0.25) is 0 Å². The third-order valence-electron chi connectivity index (χ3n) is 2.66. The molecule has 2 aromatic rings. The lowest BCUT2D eigenvalue weighted by atomic mass is 10.1. The number of rotatable bonds is 4. The van der Waals surface area contributed by atoms with Crippen molar-refractivity contribution in [3.63, 3.8) is 0 Å². The fraction of sp³-hybridized carbons (Fsp3) is 0.0625. The first-order valence-electron chi connectivity index (χ1n) is 6.07. The van der Waals surface area contributed by atoms with Gasteiger partial charge in [-0.15, -0.1) is 0 Å². The Morgan fingerprint density at radius 1 is 1.10 bits per heavy atom. The second-order valence-corrected chi connectivity index (χ2v) is 5.14. The number of thioether (sulfide) groups is 1. The Kier molecular flexibility index (Phi) is 4.85. The zero-order valence-corrected chi connectivity index (χ0v) is 11.9. The van der Waals surface area contributed by atoms with Crippen LogP contribution in [0.25, 0.3) is 5.70 Å². The van der Waals surface area contributed by atoms with E-state index in [4.69, 9.17) is 10.5 Å². The van der Waals surface area contributed by atoms with Gasteiger partial charge < -0.3 is 10.5 Å². The molecule has 0 radical (unpaired) electrons. The van der Waals surface area contributed by atoms with E-state index in [0.717, 1.165) is 28.0 Å². The van der Waals surface area contributed by atoms with E-state index in [1.165, 1.54) is 6.08 Å². The molecule has 3 nitrogen and oxygen atoms in total. The normalized spacial score (nSPS) is 11.2. The summed E-state index contributed by atoms with van der Waals surface area (Å²) < 4.78 is 5.08. The zero-order valence-electron chi connectivity index (χ0n) is 11.1. The van der Waals surface area contributed by atoms with Gasteiger partial charge in [0.1, 0.15) is 5.75 Å². The van der Waals surface area contributed by atoms with Gasteiger partial charge in [0.25, 0.3) is 0 Å². The fourth-order valence-corrected chi connectivity index (χ4v) is 2.34. The minimum absolute atomic E-state index is 0.0930. The summed E-state index contributed by atoms with van der Waals surface area (Å²) in [5.74, 6) is 0.756. The van der Waals surface area contributed by atoms with Crippen LogP contribution >= 0.6 is 11.8 Å². The summed E-state index contributed by atoms with van der Waals surface area (Å²) in [5.41, 5.74) is 7.17. The van der Waals surface area contributed by atoms with Gasteiger partial charge in [0.2, 0.25) is 5.12 Å². The standard InChI is InChI=1S/C16H15NO2S/c1-19-13-9-7-12(8-10-13)15(17)11-16(18)20-14-5-3-2-4-6-14/h2-11H,17H2,1H3/b15-11-. The van der Waals surface area contributed by atoms with E-state index in [0.29, 0.717) is 5.70 Å². The van der Waals surface area contributed by atoms with Gasteiger partial charge in [-0.1, -0.05) is 18.2 Å². The average Bonchev–Trinajstić information content (AvgIpc) is 2.48. The number of methoxy groups -OCH3 is 1. The molecule has 0 atom stereocenters. The Morgan fingerprint density at radius 2 is 1.75 bits per heavy atom. The highest BCUT2D eigenvalue weighted by Crippen LogP contribution is 2.21. The highest BCUT2D eigenvalue weighted by molar-refractivity contribution is 8.14. The van der Waals surface area contributed by atoms with Crippen LogP contribution in [-0.4, -0.2) is 12.2 Å². The van der Waals surface area contributed by atoms with Crippen LogP contribution in [0.5, 0.6) is 5.75 Å². The minimum Gasteiger partial charge on any atom is -0.497 e. The highest BCUT2D eigenvalue weighted by atomic mass is 32.2. The fourth-order valence-electron chi connectivity index (χ4n) is 1.63. The summed E-state index contributed by atoms with van der Waals surface area (Å²) >= 11 is 1.15. The largest absolute Gasteiger partial charge is 0.497 e. The summed E-state index contributed by atoms with van der Waals surface area (Å²) in [6, 6.07) is 16.8. The summed E-state index contributed by atoms with van der Waals surface area (Å²) in [6.07, 6.45) is 1.44. The molecule has 20 heavy (non-hydrogen) atoms. The summed E-state index contributed by atoms with van der Waals surface area (Å²) in [5, 5.41) is -0.0930. The zero-order chi connectivity index (χ0) is 14.4. The molecule has 2 rings (SSSR count). The van der Waals surface area contributed by atoms with Gasteiger partial charge in [-0.3, -0.25) is 4.79 Å². The molecule has 0 heterocycles. The molecule has 2 N–H and O–H groups in total. The maximum atomic E-state index is 11.9. The first-order chi connectivity index (χ1) is 9.69. The molecule has 0 unspecified atom stereocenters. The number of hydrogen-bond donors (Lipinski definition) is 1. The van der Waals surface area contributed by atoms with Crippen molar-refractivity contribution in [3.05, 3.63) is 66.2 Å². The van der Waals surface area contributed by atoms with Crippen molar-refractivity contribution in [2.24, 2.45) is 5.73 Å². The van der Waals surface area contributed by atoms with Crippen molar-refractivity contribution in [2.75, 3.05) is 7.11 Å². The molecule has 0 aromatic heterocycles. The van der Waals surface area contributed by atoms with Gasteiger partial charge in [-0.05, 0) is 53.7 Å². The Bertz CT molecular complexity index is 606. The Labute approximate surface area is 122 Å². The van der Waals surface area contributed by atoms with Gasteiger partial charge >= 0.3 is 0 Å². The molecular formula is C16H15NO2S. The summed E-state index contributed by atoms with van der Waals surface area (Å²) in [6.45, 7) is 0. The predicted octanol–water partition coefficient (Wildman–Crippen LogP) is 3.31. The third kappa shape index (κ3) is 3.90. The van der Waals surface area contributed by atoms with Crippen LogP contribution in [0, 0.1) is 0 Å². The summed E-state index contributed by atoms with van der Waals surface area (Å²) in [4.78, 5) is 12.8. The molecular weight excluding hydrogens is 270 g/mol. The Hall–Kier alpha value is -2.20. The molecule has 4 heteroatoms. The first-order valence-corrected chi connectivity index (χ1v) is 6.89. The monoisotopic (exact) mass is 285 g/mol. The molecule has 0 fully saturated rings. The van der Waals surface area contributed by atoms with Crippen molar-refractivity contribution in [1.82, 2.24) is 0 Å². The van der Waals surface area contributed by atoms with Crippen LogP contribution < -0.4 is 10.5 Å². The number of ether oxygens (including phenoxy) is 1. The number of carbonyl (C=O) groups excluding carboxylic acids is 1. The number of carbonyl (C=O) groups is 1. The Balaban J connectivity index is 2.07. The van der Waals surface area contributed by atoms with Crippen LogP contribution in [0.1, 0.15) is 5.56 Å². The van der Waals surface area contributed by atoms with E-state index >= 15 is 0 Å². The van der Waals surface area contributed by atoms with Crippen LogP contribution in [0.3, 0.4) is 0 Å². The van der Waals surface area contributed by atoms with E-state index < -0.39 is 0 Å². The van der Waals surface area contributed by atoms with Crippen molar-refractivity contribution < 1.29 is 9.53 Å². The molecule has 0 amide bonds. The molecule has 0 saturated heterocycles. The number of nitrogens with two attached hydrogens (primary N) is 1. The average molecular weight is 285 g/mol. The minimum atomic E-state index is -0.0930. The van der Waals surface area contributed by atoms with Gasteiger partial charge in [0.15, 0.2) is 0 Å². The van der Waals surface area contributed by atoms with Crippen molar-refractivity contribution >= 4 is 22.6 Å². The molecule has 0 aliphatic rings. The first kappa shape index (κ1) is 14.2. The lowest BCUT2D eigenvalue weighted by Gasteiger charge is -2.03. The number of benzene rings is 2. The quantitative estimate of drug-likeness (QED) is 0.691. The molecule has 102 valence electrons. The smallest absolute Gasteiger partial charge is 0.218 e. The lowest BCUT2D eigenvalue weighted by Crippen LogP contribution is -1.99. The molecule has 0 spiro atoms. The van der Waals surface area contributed by atoms with E-state index in [9.17, 15) is 4.79 Å². The SMILES string of the molecule is COc1ccc(/C(N)=C/C(=O)Sc2ccccc2)cc1. The molecule has 0 bridgehead atoms. The van der Waals surface area contributed by atoms with Crippen molar-refractivity contribution in [1.29, 1.82) is 0 Å². The molecule has 2 aromatic carbocycles. The third-order valence-corrected chi connectivity index (χ3v) is 3.49. The predicted molar refractivity (Wildman–Crippen MR) is 82.5 cm³/mol. The van der Waals surface area contributed by atoms with Gasteiger partial charge in [-0.2, -0.15) is 0 Å². The Morgan fingerprint density at radius 3 is 2.35 bits per heavy atom. The topological polar surface area (TPSA) is 52.3 Å². The van der Waals surface area contributed by atoms with Gasteiger partial charge in [0.05, 0.1) is 7.11 Å². The molecule has 0 aliphatic carbocycles. The lowest BCUT2D eigenvalue weighted by molar-refractivity contribution is -0.107. The molecule has 0 saturated carbocycles. The second-order valence-electron chi connectivity index (χ2n) is 4.06. The van der Waals surface area contributed by atoms with Crippen LogP contribution in [0.15, 0.2) is 65.6 Å².